The van der Waals surface area contributed by atoms with E-state index in [1.807, 2.05) is 6.92 Å². The molecule has 0 spiro atoms. The number of hydrazone groups is 1. The average molecular weight is 483 g/mol. The number of aryl methyl sites for hydroxylation is 1. The van der Waals surface area contributed by atoms with Crippen LogP contribution in [0.25, 0.3) is 0 Å². The fourth-order valence-electron chi connectivity index (χ4n) is 2.64. The number of nitrogens with one attached hydrogen (secondary N) is 3. The molecule has 0 bridgehead atoms. The summed E-state index contributed by atoms with van der Waals surface area (Å²) in [6.07, 6.45) is 0. The van der Waals surface area contributed by atoms with Crippen molar-refractivity contribution in [3.05, 3.63) is 59.8 Å². The third kappa shape index (κ3) is 5.90. The van der Waals surface area contributed by atoms with Crippen LogP contribution in [-0.4, -0.2) is 31.8 Å². The lowest BCUT2D eigenvalue weighted by molar-refractivity contribution is -0.110. The Bertz CT molecular complexity index is 1340. The molecule has 3 N–H and O–H groups in total. The van der Waals surface area contributed by atoms with Crippen LogP contribution in [0.15, 0.2) is 63.1 Å². The highest BCUT2D eigenvalue weighted by molar-refractivity contribution is 7.92. The van der Waals surface area contributed by atoms with E-state index in [1.165, 1.54) is 24.3 Å². The topological polar surface area (TPSA) is 159 Å². The van der Waals surface area contributed by atoms with E-state index in [0.717, 1.165) is 0 Å². The van der Waals surface area contributed by atoms with Gasteiger partial charge in [-0.25, -0.2) is 13.1 Å². The van der Waals surface area contributed by atoms with Crippen molar-refractivity contribution in [2.45, 2.75) is 25.7 Å². The number of sulfonamides is 1. The zero-order valence-corrected chi connectivity index (χ0v) is 19.4. The minimum Gasteiger partial charge on any atom is -0.494 e. The van der Waals surface area contributed by atoms with E-state index < -0.39 is 21.6 Å². The number of hydrogen-bond acceptors (Lipinski definition) is 9. The average Bonchev–Trinajstić information content (AvgIpc) is 3.12. The summed E-state index contributed by atoms with van der Waals surface area (Å²) in [7, 11) is -3.93. The number of benzene rings is 2. The van der Waals surface area contributed by atoms with Gasteiger partial charge in [-0.1, -0.05) is 5.16 Å². The van der Waals surface area contributed by atoms with Crippen molar-refractivity contribution < 1.29 is 22.5 Å². The maximum atomic E-state index is 12.6. The Morgan fingerprint density at radius 1 is 1.12 bits per heavy atom. The number of amides is 1. The summed E-state index contributed by atoms with van der Waals surface area (Å²) in [5.41, 5.74) is 4.21. The van der Waals surface area contributed by atoms with Crippen molar-refractivity contribution in [2.24, 2.45) is 5.10 Å². The van der Waals surface area contributed by atoms with Gasteiger partial charge in [0.15, 0.2) is 0 Å². The lowest BCUT2D eigenvalue weighted by atomic mass is 10.3. The molecule has 0 aliphatic carbocycles. The minimum atomic E-state index is -3.93. The second-order valence-electron chi connectivity index (χ2n) is 6.95. The van der Waals surface area contributed by atoms with Crippen LogP contribution in [0.2, 0.25) is 0 Å². The second-order valence-corrected chi connectivity index (χ2v) is 8.63. The van der Waals surface area contributed by atoms with Crippen LogP contribution in [0, 0.1) is 25.2 Å². The first kappa shape index (κ1) is 24.3. The molecule has 2 aromatic carbocycles. The Labute approximate surface area is 196 Å². The predicted octanol–water partition coefficient (Wildman–Crippen LogP) is 3.42. The Kier molecular flexibility index (Phi) is 7.50. The molecular formula is C22H22N6O5S. The standard InChI is InChI=1S/C22H22N6O5S/c1-4-32-18-9-5-17(6-10-18)25-26-20(13-23)21(29)24-16-7-11-19(12-8-16)34(30,31)28-22-14(2)15(3)27-33-22/h5-12,25,28H,4H2,1-3H3,(H,24,29)/b26-20+. The maximum absolute atomic E-state index is 12.6. The lowest BCUT2D eigenvalue weighted by Gasteiger charge is -2.08. The number of anilines is 3. The summed E-state index contributed by atoms with van der Waals surface area (Å²) in [4.78, 5) is 12.3. The van der Waals surface area contributed by atoms with Gasteiger partial charge in [0.2, 0.25) is 11.6 Å². The number of nitriles is 1. The molecule has 0 saturated heterocycles. The summed E-state index contributed by atoms with van der Waals surface area (Å²) >= 11 is 0. The molecule has 0 unspecified atom stereocenters. The van der Waals surface area contributed by atoms with Crippen molar-refractivity contribution in [2.75, 3.05) is 22.1 Å². The van der Waals surface area contributed by atoms with Crippen LogP contribution in [0.4, 0.5) is 17.3 Å². The molecule has 0 radical (unpaired) electrons. The number of carbonyl (C=O) groups is 1. The Balaban J connectivity index is 1.65. The van der Waals surface area contributed by atoms with E-state index in [-0.39, 0.29) is 16.5 Å². The van der Waals surface area contributed by atoms with Crippen molar-refractivity contribution in [1.29, 1.82) is 5.26 Å². The van der Waals surface area contributed by atoms with Crippen molar-refractivity contribution >= 4 is 38.9 Å². The molecular weight excluding hydrogens is 460 g/mol. The van der Waals surface area contributed by atoms with E-state index in [1.54, 1.807) is 44.2 Å². The van der Waals surface area contributed by atoms with Crippen LogP contribution in [-0.2, 0) is 14.8 Å². The normalized spacial score (nSPS) is 11.4. The summed E-state index contributed by atoms with van der Waals surface area (Å²) < 4.78 is 37.8. The molecule has 34 heavy (non-hydrogen) atoms. The monoisotopic (exact) mass is 482 g/mol. The van der Waals surface area contributed by atoms with Gasteiger partial charge >= 0.3 is 0 Å². The van der Waals surface area contributed by atoms with Gasteiger partial charge in [-0.15, -0.1) is 0 Å². The SMILES string of the molecule is CCOc1ccc(N/N=C(\C#N)C(=O)Nc2ccc(S(=O)(=O)Nc3onc(C)c3C)cc2)cc1. The smallest absolute Gasteiger partial charge is 0.287 e. The summed E-state index contributed by atoms with van der Waals surface area (Å²) in [5, 5.41) is 19.3. The molecule has 1 amide bonds. The Morgan fingerprint density at radius 3 is 2.32 bits per heavy atom. The van der Waals surface area contributed by atoms with Gasteiger partial charge in [0.1, 0.15) is 11.8 Å². The predicted molar refractivity (Wildman–Crippen MR) is 126 cm³/mol. The highest BCUT2D eigenvalue weighted by atomic mass is 32.2. The van der Waals surface area contributed by atoms with Gasteiger partial charge in [-0.2, -0.15) is 10.4 Å². The summed E-state index contributed by atoms with van der Waals surface area (Å²) in [5.74, 6) is -0.0470. The van der Waals surface area contributed by atoms with Crippen molar-refractivity contribution in [1.82, 2.24) is 5.16 Å². The van der Waals surface area contributed by atoms with Gasteiger partial charge in [0.25, 0.3) is 15.9 Å². The first-order chi connectivity index (χ1) is 16.2. The number of aromatic nitrogens is 1. The van der Waals surface area contributed by atoms with E-state index >= 15 is 0 Å². The Hall–Kier alpha value is -4.37. The third-order valence-electron chi connectivity index (χ3n) is 4.59. The molecule has 0 saturated carbocycles. The van der Waals surface area contributed by atoms with Crippen LogP contribution in [0.5, 0.6) is 5.75 Å². The maximum Gasteiger partial charge on any atom is 0.287 e. The van der Waals surface area contributed by atoms with Gasteiger partial charge in [0.05, 0.1) is 22.9 Å². The van der Waals surface area contributed by atoms with Crippen LogP contribution in [0.3, 0.4) is 0 Å². The zero-order valence-electron chi connectivity index (χ0n) is 18.6. The number of hydrogen-bond donors (Lipinski definition) is 3. The number of nitrogens with zero attached hydrogens (tertiary/aromatic N) is 3. The van der Waals surface area contributed by atoms with Crippen molar-refractivity contribution in [3.63, 3.8) is 0 Å². The highest BCUT2D eigenvalue weighted by Gasteiger charge is 2.19. The number of ether oxygens (including phenoxy) is 1. The van der Waals surface area contributed by atoms with Gasteiger partial charge < -0.3 is 14.6 Å². The Morgan fingerprint density at radius 2 is 1.76 bits per heavy atom. The summed E-state index contributed by atoms with van der Waals surface area (Å²) in [6.45, 7) is 5.79. The molecule has 176 valence electrons. The van der Waals surface area contributed by atoms with E-state index in [9.17, 15) is 18.5 Å². The van der Waals surface area contributed by atoms with Crippen LogP contribution < -0.4 is 20.2 Å². The van der Waals surface area contributed by atoms with Crippen LogP contribution in [0.1, 0.15) is 18.2 Å². The molecule has 0 aliphatic rings. The van der Waals surface area contributed by atoms with Gasteiger partial charge in [-0.05, 0) is 69.3 Å². The number of carbonyl (C=O) groups excluding carboxylic acids is 1. The first-order valence-corrected chi connectivity index (χ1v) is 11.6. The molecule has 12 heteroatoms. The molecule has 1 aromatic heterocycles. The molecule has 1 heterocycles. The molecule has 11 nitrogen and oxygen atoms in total. The fraction of sp³-hybridized carbons (Fsp3) is 0.182. The molecule has 3 aromatic rings. The highest BCUT2D eigenvalue weighted by Crippen LogP contribution is 2.22. The largest absolute Gasteiger partial charge is 0.494 e. The van der Waals surface area contributed by atoms with E-state index in [2.05, 4.69) is 25.7 Å². The molecule has 0 fully saturated rings. The first-order valence-electron chi connectivity index (χ1n) is 10.1. The van der Waals surface area contributed by atoms with Crippen molar-refractivity contribution in [3.8, 4) is 11.8 Å². The number of rotatable bonds is 9. The quantitative estimate of drug-likeness (QED) is 0.309. The third-order valence-corrected chi connectivity index (χ3v) is 5.94. The molecule has 3 rings (SSSR count). The van der Waals surface area contributed by atoms with Crippen LogP contribution >= 0.6 is 0 Å². The van der Waals surface area contributed by atoms with E-state index in [0.29, 0.717) is 29.3 Å². The molecule has 0 aliphatic heterocycles. The van der Waals surface area contributed by atoms with Gasteiger partial charge in [0, 0.05) is 11.3 Å². The van der Waals surface area contributed by atoms with Gasteiger partial charge in [-0.3, -0.25) is 10.2 Å². The molecule has 0 atom stereocenters. The fourth-order valence-corrected chi connectivity index (χ4v) is 3.69. The minimum absolute atomic E-state index is 0.0322. The van der Waals surface area contributed by atoms with E-state index in [4.69, 9.17) is 9.26 Å². The second kappa shape index (κ2) is 10.5. The summed E-state index contributed by atoms with van der Waals surface area (Å²) in [6, 6.07) is 13.9. The lowest BCUT2D eigenvalue weighted by Crippen LogP contribution is -2.22. The zero-order chi connectivity index (χ0) is 24.7.